The second-order valence-electron chi connectivity index (χ2n) is 21.5. The molecule has 4 atom stereocenters. The molecular weight excluding hydrogens is 953 g/mol. The third-order valence-corrected chi connectivity index (χ3v) is 15.3. The van der Waals surface area contributed by atoms with Crippen LogP contribution in [-0.2, 0) is 33.3 Å². The number of fused-ring (bicyclic) bond motifs is 5. The molecule has 3 N–H and O–H groups in total. The summed E-state index contributed by atoms with van der Waals surface area (Å²) in [5.74, 6) is 0.662. The fourth-order valence-electron chi connectivity index (χ4n) is 10.6. The average molecular weight is 1050 g/mol. The number of rotatable bonds is 31. The lowest BCUT2D eigenvalue weighted by atomic mass is 9.84. The van der Waals surface area contributed by atoms with E-state index in [-0.39, 0.29) is 49.7 Å². The Balaban J connectivity index is 1.48. The van der Waals surface area contributed by atoms with Gasteiger partial charge >= 0.3 is 11.9 Å². The first-order valence-corrected chi connectivity index (χ1v) is 28.5. The Kier molecular flexibility index (Phi) is 24.9. The lowest BCUT2D eigenvalue weighted by Crippen LogP contribution is -2.32. The molecule has 1 fully saturated rings. The van der Waals surface area contributed by atoms with Crippen molar-refractivity contribution in [2.45, 2.75) is 160 Å². The van der Waals surface area contributed by atoms with E-state index >= 15 is 0 Å². The molecule has 1 amide bonds. The van der Waals surface area contributed by atoms with E-state index in [1.54, 1.807) is 0 Å². The Bertz CT molecular complexity index is 2500. The van der Waals surface area contributed by atoms with Crippen LogP contribution in [0.5, 0.6) is 0 Å². The number of methoxy groups -OCH3 is 1. The summed E-state index contributed by atoms with van der Waals surface area (Å²) in [6.07, 6.45) is 24.0. The number of ether oxygens (including phenoxy) is 4. The molecule has 5 aliphatic heterocycles. The van der Waals surface area contributed by atoms with E-state index in [1.807, 2.05) is 64.3 Å². The summed E-state index contributed by atoms with van der Waals surface area (Å²) < 4.78 is 22.4. The van der Waals surface area contributed by atoms with Crippen molar-refractivity contribution in [2.24, 2.45) is 44.6 Å². The van der Waals surface area contributed by atoms with Gasteiger partial charge in [-0.3, -0.25) is 14.4 Å². The minimum Gasteiger partial charge on any atom is -0.469 e. The average Bonchev–Trinajstić information content (AvgIpc) is 4.08. The van der Waals surface area contributed by atoms with Crippen LogP contribution >= 0.6 is 0 Å². The second kappa shape index (κ2) is 30.9. The van der Waals surface area contributed by atoms with Gasteiger partial charge in [-0.05, 0) is 119 Å². The first-order chi connectivity index (χ1) is 36.5. The van der Waals surface area contributed by atoms with E-state index in [9.17, 15) is 14.4 Å². The fraction of sp³-hybridized carbons (Fsp3) is 0.587. The first-order valence-electron chi connectivity index (χ1n) is 28.5. The van der Waals surface area contributed by atoms with Gasteiger partial charge in [-0.1, -0.05) is 105 Å². The van der Waals surface area contributed by atoms with Crippen LogP contribution in [0.2, 0.25) is 0 Å². The summed E-state index contributed by atoms with van der Waals surface area (Å²) in [5.41, 5.74) is 11.8. The van der Waals surface area contributed by atoms with Crippen molar-refractivity contribution in [3.05, 3.63) is 116 Å². The van der Waals surface area contributed by atoms with Crippen molar-refractivity contribution >= 4 is 35.0 Å². The van der Waals surface area contributed by atoms with Crippen LogP contribution in [0, 0.1) is 29.6 Å². The fourth-order valence-corrected chi connectivity index (χ4v) is 10.6. The summed E-state index contributed by atoms with van der Waals surface area (Å²) in [6.45, 7) is 30.8. The largest absolute Gasteiger partial charge is 0.469 e. The number of carbonyl (C=O) groups is 3. The van der Waals surface area contributed by atoms with E-state index in [0.29, 0.717) is 91.3 Å². The third-order valence-electron chi connectivity index (χ3n) is 15.3. The van der Waals surface area contributed by atoms with E-state index < -0.39 is 5.97 Å². The topological polar surface area (TPSA) is 161 Å². The normalized spacial score (nSPS) is 19.9. The Morgan fingerprint density at radius 3 is 2.14 bits per heavy atom. The van der Waals surface area contributed by atoms with Crippen LogP contribution in [-0.4, -0.2) is 88.2 Å². The minimum atomic E-state index is -0.498. The predicted octanol–water partition coefficient (Wildman–Crippen LogP) is 12.5. The third kappa shape index (κ3) is 17.2. The Morgan fingerprint density at radius 2 is 1.49 bits per heavy atom. The van der Waals surface area contributed by atoms with Crippen molar-refractivity contribution in [3.63, 3.8) is 0 Å². The standard InChI is InChI=1S/C63H92N6O7/c1-14-47-44(10)52-36-53-45(11)49(27-28-58(70)76-32-29-43(9)26-20-25-42(8)24-19-23-41(7)22-18-21-40(5)6)61(68-53)50(35-59(71)73-13)62-60(63(72)65-31-34-75-17-4)46(12)54(69-62)37-56-48(15-2)51(39-64-30-33-74-16-3)57(67-56)38-55(47)66-52/h14,29,36-42,45,49,64,68H,1,15-28,30-35H2,2-13H3,(H,65,72)/b43-29+,51-39?,53-36?,54-37?,55-38?,61-50?. The highest BCUT2D eigenvalue weighted by atomic mass is 16.5. The van der Waals surface area contributed by atoms with E-state index in [4.69, 9.17) is 33.9 Å². The molecule has 1 saturated heterocycles. The van der Waals surface area contributed by atoms with Crippen molar-refractivity contribution in [1.29, 1.82) is 0 Å². The number of nitrogens with zero attached hydrogens (tertiary/aromatic N) is 3. The number of carbonyl (C=O) groups excluding carboxylic acids is 3. The molecular formula is C63H92N6O7. The van der Waals surface area contributed by atoms with E-state index in [1.165, 1.54) is 57.6 Å². The van der Waals surface area contributed by atoms with Crippen LogP contribution in [0.15, 0.2) is 131 Å². The highest BCUT2D eigenvalue weighted by Crippen LogP contribution is 2.43. The van der Waals surface area contributed by atoms with Crippen molar-refractivity contribution in [2.75, 3.05) is 53.2 Å². The molecule has 5 rings (SSSR count). The zero-order chi connectivity index (χ0) is 55.3. The van der Waals surface area contributed by atoms with Gasteiger partial charge in [0.1, 0.15) is 6.61 Å². The molecule has 0 saturated carbocycles. The SMILES string of the molecule is C=CC1=C(C)C2=NC1=CC1=NC(=C(CC)C1=CNCCOCC)C=C1N=C(C(CC(=O)OC)=C3NC(=C2)C(C)C3CCC(=O)OC/C=C(\C)CCCC(C)CCCC(C)CCCC(C)C)C(C(=O)NCCOCC)=C1C. The predicted molar refractivity (Wildman–Crippen MR) is 310 cm³/mol. The molecule has 0 aliphatic carbocycles. The summed E-state index contributed by atoms with van der Waals surface area (Å²) in [7, 11) is 1.35. The quantitative estimate of drug-likeness (QED) is 0.0349. The van der Waals surface area contributed by atoms with Gasteiger partial charge in [-0.15, -0.1) is 0 Å². The summed E-state index contributed by atoms with van der Waals surface area (Å²) in [4.78, 5) is 57.6. The van der Waals surface area contributed by atoms with E-state index in [2.05, 4.69) is 71.0 Å². The van der Waals surface area contributed by atoms with Gasteiger partial charge in [0.2, 0.25) is 0 Å². The highest BCUT2D eigenvalue weighted by Gasteiger charge is 2.40. The maximum atomic E-state index is 14.5. The zero-order valence-electron chi connectivity index (χ0n) is 48.4. The number of esters is 2. The number of hydrogen-bond donors (Lipinski definition) is 3. The first kappa shape index (κ1) is 61.2. The molecule has 0 radical (unpaired) electrons. The summed E-state index contributed by atoms with van der Waals surface area (Å²) >= 11 is 0. The van der Waals surface area contributed by atoms with Crippen LogP contribution < -0.4 is 16.0 Å². The molecule has 0 aromatic heterocycles. The molecule has 8 bridgehead atoms. The highest BCUT2D eigenvalue weighted by molar-refractivity contribution is 6.31. The molecule has 13 nitrogen and oxygen atoms in total. The van der Waals surface area contributed by atoms with Crippen LogP contribution in [0.25, 0.3) is 0 Å². The Hall–Kier alpha value is -5.66. The summed E-state index contributed by atoms with van der Waals surface area (Å²) in [5, 5.41) is 10.2. The lowest BCUT2D eigenvalue weighted by Gasteiger charge is -2.20. The van der Waals surface area contributed by atoms with Gasteiger partial charge in [-0.2, -0.15) is 0 Å². The minimum absolute atomic E-state index is 0.134. The number of nitrogens with one attached hydrogen (secondary N) is 3. The van der Waals surface area contributed by atoms with Crippen LogP contribution in [0.4, 0.5) is 0 Å². The molecule has 0 spiro atoms. The Morgan fingerprint density at radius 1 is 0.803 bits per heavy atom. The van der Waals surface area contributed by atoms with Crippen molar-refractivity contribution < 1.29 is 33.3 Å². The maximum Gasteiger partial charge on any atom is 0.310 e. The molecule has 0 aromatic carbocycles. The van der Waals surface area contributed by atoms with Crippen LogP contribution in [0.1, 0.15) is 160 Å². The number of allylic oxidation sites excluding steroid dienone is 11. The second-order valence-corrected chi connectivity index (χ2v) is 21.5. The van der Waals surface area contributed by atoms with Gasteiger partial charge in [0.25, 0.3) is 5.91 Å². The smallest absolute Gasteiger partial charge is 0.310 e. The summed E-state index contributed by atoms with van der Waals surface area (Å²) in [6, 6.07) is 0. The van der Waals surface area contributed by atoms with Gasteiger partial charge in [-0.25, -0.2) is 15.0 Å². The van der Waals surface area contributed by atoms with Crippen molar-refractivity contribution in [3.8, 4) is 0 Å². The van der Waals surface area contributed by atoms with E-state index in [0.717, 1.165) is 69.8 Å². The maximum absolute atomic E-state index is 14.5. The molecule has 5 heterocycles. The van der Waals surface area contributed by atoms with Gasteiger partial charge in [0.15, 0.2) is 0 Å². The Labute approximate surface area is 456 Å². The molecule has 4 unspecified atom stereocenters. The van der Waals surface area contributed by atoms with Crippen LogP contribution in [0.3, 0.4) is 0 Å². The molecule has 416 valence electrons. The number of hydrogen-bond acceptors (Lipinski definition) is 12. The molecule has 76 heavy (non-hydrogen) atoms. The number of aliphatic imine (C=N–C) groups is 3. The molecule has 5 aliphatic rings. The number of amides is 1. The monoisotopic (exact) mass is 1040 g/mol. The zero-order valence-corrected chi connectivity index (χ0v) is 48.4. The van der Waals surface area contributed by atoms with Crippen molar-refractivity contribution in [1.82, 2.24) is 16.0 Å². The lowest BCUT2D eigenvalue weighted by molar-refractivity contribution is -0.143. The van der Waals surface area contributed by atoms with Gasteiger partial charge < -0.3 is 34.9 Å². The molecule has 13 heteroatoms. The van der Waals surface area contributed by atoms with Gasteiger partial charge in [0, 0.05) is 78.9 Å². The van der Waals surface area contributed by atoms with Gasteiger partial charge in [0.05, 0.1) is 66.5 Å². The molecule has 0 aromatic rings.